The Balaban J connectivity index is 1.59. The van der Waals surface area contributed by atoms with E-state index >= 15 is 0 Å². The van der Waals surface area contributed by atoms with Crippen LogP contribution in [0.2, 0.25) is 5.02 Å². The number of anilines is 1. The summed E-state index contributed by atoms with van der Waals surface area (Å²) < 4.78 is 37.1. The summed E-state index contributed by atoms with van der Waals surface area (Å²) in [5, 5.41) is 0.951. The van der Waals surface area contributed by atoms with Crippen LogP contribution in [-0.2, 0) is 21.2 Å². The maximum Gasteiger partial charge on any atom is 0.229 e. The Morgan fingerprint density at radius 2 is 1.64 bits per heavy atom. The van der Waals surface area contributed by atoms with E-state index in [1.165, 1.54) is 35.6 Å². The number of rotatable bonds is 10. The van der Waals surface area contributed by atoms with Gasteiger partial charge in [-0.15, -0.1) is 0 Å². The summed E-state index contributed by atoms with van der Waals surface area (Å²) in [5.41, 5.74) is 1.53. The summed E-state index contributed by atoms with van der Waals surface area (Å²) in [6.07, 6.45) is 0.219. The van der Waals surface area contributed by atoms with Gasteiger partial charge < -0.3 is 9.47 Å². The van der Waals surface area contributed by atoms with Crippen LogP contribution in [0.5, 0.6) is 11.5 Å². The lowest BCUT2D eigenvalue weighted by Gasteiger charge is -2.20. The Labute approximate surface area is 219 Å². The number of thiazole rings is 1. The predicted molar refractivity (Wildman–Crippen MR) is 143 cm³/mol. The minimum absolute atomic E-state index is 0.0455. The van der Waals surface area contributed by atoms with Crippen LogP contribution in [0.15, 0.2) is 71.6 Å². The second-order valence-electron chi connectivity index (χ2n) is 7.99. The number of carbonyl (C=O) groups excluding carboxylic acids is 1. The lowest BCUT2D eigenvalue weighted by atomic mass is 10.2. The molecule has 36 heavy (non-hydrogen) atoms. The molecule has 0 saturated heterocycles. The molecule has 4 aromatic rings. The number of benzene rings is 3. The molecule has 0 radical (unpaired) electrons. The number of fused-ring (bicyclic) bond motifs is 1. The van der Waals surface area contributed by atoms with Crippen molar-refractivity contribution >= 4 is 54.0 Å². The zero-order valence-electron chi connectivity index (χ0n) is 19.8. The number of carbonyl (C=O) groups is 1. The Hall–Kier alpha value is -3.14. The van der Waals surface area contributed by atoms with Crippen molar-refractivity contribution in [3.63, 3.8) is 0 Å². The second kappa shape index (κ2) is 11.3. The van der Waals surface area contributed by atoms with Gasteiger partial charge in [0.25, 0.3) is 0 Å². The number of ether oxygens (including phenoxy) is 2. The molecule has 1 heterocycles. The highest BCUT2D eigenvalue weighted by molar-refractivity contribution is 7.91. The molecule has 4 rings (SSSR count). The molecule has 0 atom stereocenters. The van der Waals surface area contributed by atoms with Gasteiger partial charge in [-0.2, -0.15) is 0 Å². The normalized spacial score (nSPS) is 11.4. The highest BCUT2D eigenvalue weighted by Gasteiger charge is 2.24. The van der Waals surface area contributed by atoms with E-state index in [4.69, 9.17) is 26.1 Å². The van der Waals surface area contributed by atoms with E-state index in [9.17, 15) is 13.2 Å². The number of halogens is 1. The van der Waals surface area contributed by atoms with Crippen LogP contribution < -0.4 is 14.4 Å². The summed E-state index contributed by atoms with van der Waals surface area (Å²) in [6, 6.07) is 19.2. The van der Waals surface area contributed by atoms with Crippen LogP contribution in [0.4, 0.5) is 5.13 Å². The molecule has 0 aliphatic rings. The fourth-order valence-electron chi connectivity index (χ4n) is 3.73. The fraction of sp³-hybridized carbons (Fsp3) is 0.231. The fourth-order valence-corrected chi connectivity index (χ4v) is 6.25. The van der Waals surface area contributed by atoms with Crippen LogP contribution in [-0.4, -0.2) is 39.3 Å². The third-order valence-corrected chi connectivity index (χ3v) is 8.75. The van der Waals surface area contributed by atoms with Crippen LogP contribution in [0.1, 0.15) is 18.4 Å². The van der Waals surface area contributed by atoms with Gasteiger partial charge in [0.1, 0.15) is 21.7 Å². The third-order valence-electron chi connectivity index (χ3n) is 5.59. The number of sulfone groups is 1. The zero-order valence-corrected chi connectivity index (χ0v) is 22.2. The topological polar surface area (TPSA) is 85.8 Å². The average Bonchev–Trinajstić information content (AvgIpc) is 3.32. The van der Waals surface area contributed by atoms with Crippen molar-refractivity contribution in [2.75, 3.05) is 24.9 Å². The molecule has 10 heteroatoms. The largest absolute Gasteiger partial charge is 0.495 e. The highest BCUT2D eigenvalue weighted by Crippen LogP contribution is 2.40. The van der Waals surface area contributed by atoms with E-state index in [-0.39, 0.29) is 29.4 Å². The van der Waals surface area contributed by atoms with Crippen LogP contribution in [0.25, 0.3) is 10.2 Å². The molecule has 0 unspecified atom stereocenters. The van der Waals surface area contributed by atoms with Crippen molar-refractivity contribution < 1.29 is 22.7 Å². The Bertz CT molecular complexity index is 1410. The van der Waals surface area contributed by atoms with Gasteiger partial charge in [0, 0.05) is 11.4 Å². The average molecular weight is 545 g/mol. The molecule has 3 aromatic carbocycles. The molecule has 0 fully saturated rings. The zero-order chi connectivity index (χ0) is 25.7. The second-order valence-corrected chi connectivity index (χ2v) is 11.5. The van der Waals surface area contributed by atoms with Crippen molar-refractivity contribution in [3.05, 3.63) is 77.3 Å². The lowest BCUT2D eigenvalue weighted by molar-refractivity contribution is -0.118. The first-order valence-corrected chi connectivity index (χ1v) is 14.0. The summed E-state index contributed by atoms with van der Waals surface area (Å²) in [7, 11) is -0.394. The summed E-state index contributed by atoms with van der Waals surface area (Å²) in [4.78, 5) is 19.9. The molecule has 0 saturated carbocycles. The molecule has 0 bridgehead atoms. The third kappa shape index (κ3) is 5.80. The van der Waals surface area contributed by atoms with Crippen LogP contribution in [0, 0.1) is 0 Å². The molecule has 0 aliphatic carbocycles. The Kier molecular flexibility index (Phi) is 8.13. The molecule has 0 N–H and O–H groups in total. The maximum absolute atomic E-state index is 13.4. The van der Waals surface area contributed by atoms with E-state index < -0.39 is 9.84 Å². The van der Waals surface area contributed by atoms with Crippen LogP contribution in [0.3, 0.4) is 0 Å². The Morgan fingerprint density at radius 1 is 0.972 bits per heavy atom. The van der Waals surface area contributed by atoms with Gasteiger partial charge in [0.05, 0.1) is 31.4 Å². The quantitative estimate of drug-likeness (QED) is 0.252. The van der Waals surface area contributed by atoms with Gasteiger partial charge in [-0.25, -0.2) is 13.4 Å². The first-order chi connectivity index (χ1) is 17.3. The number of aromatic nitrogens is 1. The summed E-state index contributed by atoms with van der Waals surface area (Å²) in [5.74, 6) is 0.841. The van der Waals surface area contributed by atoms with Crippen molar-refractivity contribution in [3.8, 4) is 11.5 Å². The number of methoxy groups -OCH3 is 2. The number of hydrogen-bond donors (Lipinski definition) is 0. The van der Waals surface area contributed by atoms with E-state index in [0.29, 0.717) is 33.7 Å². The maximum atomic E-state index is 13.4. The molecule has 1 amide bonds. The number of amides is 1. The number of hydrogen-bond acceptors (Lipinski definition) is 7. The monoisotopic (exact) mass is 544 g/mol. The first-order valence-electron chi connectivity index (χ1n) is 11.2. The van der Waals surface area contributed by atoms with Crippen molar-refractivity contribution in [1.82, 2.24) is 4.98 Å². The SMILES string of the molecule is COc1ccc(OC)c2sc(N(Cc3ccccc3)C(=O)CCCS(=O)(=O)c3ccc(Cl)cc3)nc12. The predicted octanol–water partition coefficient (Wildman–Crippen LogP) is 5.75. The molecule has 0 aliphatic heterocycles. The minimum Gasteiger partial charge on any atom is -0.495 e. The van der Waals surface area contributed by atoms with Gasteiger partial charge in [-0.05, 0) is 48.4 Å². The van der Waals surface area contributed by atoms with Crippen molar-refractivity contribution in [2.24, 2.45) is 0 Å². The van der Waals surface area contributed by atoms with Crippen molar-refractivity contribution in [2.45, 2.75) is 24.3 Å². The number of nitrogens with zero attached hydrogens (tertiary/aromatic N) is 2. The Morgan fingerprint density at radius 3 is 2.31 bits per heavy atom. The first kappa shape index (κ1) is 25.9. The molecular formula is C26H25ClN2O5S2. The van der Waals surface area contributed by atoms with Crippen molar-refractivity contribution in [1.29, 1.82) is 0 Å². The molecule has 188 valence electrons. The molecule has 1 aromatic heterocycles. The lowest BCUT2D eigenvalue weighted by Crippen LogP contribution is -2.30. The van der Waals surface area contributed by atoms with Gasteiger partial charge in [-0.1, -0.05) is 53.3 Å². The summed E-state index contributed by atoms with van der Waals surface area (Å²) >= 11 is 7.20. The van der Waals surface area contributed by atoms with Gasteiger partial charge >= 0.3 is 0 Å². The van der Waals surface area contributed by atoms with E-state index in [1.54, 1.807) is 31.3 Å². The molecule has 7 nitrogen and oxygen atoms in total. The van der Waals surface area contributed by atoms with E-state index in [2.05, 4.69) is 0 Å². The summed E-state index contributed by atoms with van der Waals surface area (Å²) in [6.45, 7) is 0.300. The highest BCUT2D eigenvalue weighted by atomic mass is 35.5. The van der Waals surface area contributed by atoms with E-state index in [0.717, 1.165) is 10.3 Å². The van der Waals surface area contributed by atoms with Crippen LogP contribution >= 0.6 is 22.9 Å². The minimum atomic E-state index is -3.54. The van der Waals surface area contributed by atoms with Gasteiger partial charge in [-0.3, -0.25) is 9.69 Å². The van der Waals surface area contributed by atoms with Gasteiger partial charge in [0.2, 0.25) is 5.91 Å². The smallest absolute Gasteiger partial charge is 0.229 e. The van der Waals surface area contributed by atoms with E-state index in [1.807, 2.05) is 30.3 Å². The van der Waals surface area contributed by atoms with Gasteiger partial charge in [0.15, 0.2) is 15.0 Å². The molecule has 0 spiro atoms. The molecular weight excluding hydrogens is 520 g/mol. The standard InChI is InChI=1S/C26H25ClN2O5S2/c1-33-21-14-15-22(34-2)25-24(21)28-26(35-25)29(17-18-7-4-3-5-8-18)23(30)9-6-16-36(31,32)20-12-10-19(27)11-13-20/h3-5,7-8,10-15H,6,9,16-17H2,1-2H3.